The second-order valence-electron chi connectivity index (χ2n) is 45.9. The van der Waals surface area contributed by atoms with Crippen molar-refractivity contribution in [1.29, 1.82) is 0 Å². The number of aromatic amines is 1. The number of rotatable bonds is 7. The summed E-state index contributed by atoms with van der Waals surface area (Å²) in [6.07, 6.45) is 0. The minimum Gasteiger partial charge on any atom is -0.306 e. The van der Waals surface area contributed by atoms with Crippen LogP contribution in [0, 0.1) is 0 Å². The van der Waals surface area contributed by atoms with Crippen LogP contribution in [-0.2, 0) is 54.1 Å². The van der Waals surface area contributed by atoms with E-state index in [0.29, 0.717) is 5.82 Å². The van der Waals surface area contributed by atoms with Crippen molar-refractivity contribution < 1.29 is 0 Å². The van der Waals surface area contributed by atoms with Gasteiger partial charge < -0.3 is 22.8 Å². The molecule has 0 saturated carbocycles. The average molecular weight is 1610 g/mol. The molecule has 12 aromatic carbocycles. The minimum absolute atomic E-state index is 0.195. The van der Waals surface area contributed by atoms with Crippen molar-refractivity contribution in [1.82, 2.24) is 43.5 Å². The average Bonchev–Trinajstić information content (AvgIpc) is 1.50. The van der Waals surface area contributed by atoms with Gasteiger partial charge in [0.1, 0.15) is 0 Å². The fraction of sp³-hybridized carbons (Fsp3) is 0.354. The van der Waals surface area contributed by atoms with Gasteiger partial charge in [0.2, 0.25) is 5.82 Å². The molecule has 9 nitrogen and oxygen atoms in total. The molecular formula is C113H125N9. The molecule has 9 heteroatoms. The zero-order chi connectivity index (χ0) is 87.3. The molecule has 0 aliphatic heterocycles. The molecule has 0 saturated heterocycles. The predicted octanol–water partition coefficient (Wildman–Crippen LogP) is 31.0. The molecule has 0 aliphatic carbocycles. The van der Waals surface area contributed by atoms with Crippen LogP contribution in [0.4, 0.5) is 0 Å². The number of nitrogens with one attached hydrogen (secondary N) is 1. The molecule has 6 heterocycles. The van der Waals surface area contributed by atoms with E-state index in [4.69, 9.17) is 5.10 Å². The van der Waals surface area contributed by atoms with E-state index in [1.165, 1.54) is 109 Å². The van der Waals surface area contributed by atoms with Crippen LogP contribution < -0.4 is 0 Å². The van der Waals surface area contributed by atoms with Crippen molar-refractivity contribution in [3.8, 4) is 51.0 Å². The van der Waals surface area contributed by atoms with Gasteiger partial charge in [0.25, 0.3) is 0 Å². The van der Waals surface area contributed by atoms with Crippen LogP contribution in [0.25, 0.3) is 160 Å². The molecule has 6 aromatic heterocycles. The molecular weight excluding hydrogens is 1480 g/mol. The van der Waals surface area contributed by atoms with E-state index in [0.717, 1.165) is 100 Å². The molecule has 122 heavy (non-hydrogen) atoms. The zero-order valence-corrected chi connectivity index (χ0v) is 78.2. The summed E-state index contributed by atoms with van der Waals surface area (Å²) in [6, 6.07) is 83.7. The first-order valence-electron chi connectivity index (χ1n) is 44.4. The fourth-order valence-corrected chi connectivity index (χ4v) is 19.1. The van der Waals surface area contributed by atoms with Gasteiger partial charge in [-0.3, -0.25) is 0 Å². The third-order valence-corrected chi connectivity index (χ3v) is 26.8. The van der Waals surface area contributed by atoms with Gasteiger partial charge in [-0.25, -0.2) is 0 Å². The Morgan fingerprint density at radius 2 is 0.344 bits per heavy atom. The van der Waals surface area contributed by atoms with Crippen molar-refractivity contribution in [3.63, 3.8) is 0 Å². The summed E-state index contributed by atoms with van der Waals surface area (Å²) in [7, 11) is 0. The summed E-state index contributed by atoms with van der Waals surface area (Å²) in [4.78, 5) is 0. The van der Waals surface area contributed by atoms with E-state index >= 15 is 0 Å². The number of fused-ring (bicyclic) bond motifs is 15. The summed E-state index contributed by atoms with van der Waals surface area (Å²) < 4.78 is 13.8. The lowest BCUT2D eigenvalue weighted by atomic mass is 9.85. The van der Waals surface area contributed by atoms with Crippen molar-refractivity contribution in [2.45, 2.75) is 262 Å². The number of aromatic nitrogens is 9. The summed E-state index contributed by atoms with van der Waals surface area (Å²) in [5.74, 6) is 0.520. The van der Waals surface area contributed by atoms with E-state index in [9.17, 15) is 0 Å². The maximum Gasteiger partial charge on any atom is 0.204 e. The van der Waals surface area contributed by atoms with E-state index in [1.807, 2.05) is 0 Å². The summed E-state index contributed by atoms with van der Waals surface area (Å²) in [6.45, 7) is 71.0. The lowest BCUT2D eigenvalue weighted by Gasteiger charge is -2.32. The first-order chi connectivity index (χ1) is 56.8. The highest BCUT2D eigenvalue weighted by atomic mass is 15.5. The Morgan fingerprint density at radius 1 is 0.189 bits per heavy atom. The molecule has 0 aliphatic rings. The van der Waals surface area contributed by atoms with Gasteiger partial charge in [-0.1, -0.05) is 293 Å². The normalized spacial score (nSPS) is 13.7. The van der Waals surface area contributed by atoms with Gasteiger partial charge in [0.05, 0.1) is 83.6 Å². The predicted molar refractivity (Wildman–Crippen MR) is 524 cm³/mol. The van der Waals surface area contributed by atoms with E-state index in [-0.39, 0.29) is 54.1 Å². The van der Waals surface area contributed by atoms with Gasteiger partial charge in [-0.05, 0) is 242 Å². The Kier molecular flexibility index (Phi) is 18.2. The number of nitrogens with zero attached hydrogens (tertiary/aromatic N) is 8. The van der Waals surface area contributed by atoms with Gasteiger partial charge in [-0.2, -0.15) is 5.21 Å². The van der Waals surface area contributed by atoms with Crippen molar-refractivity contribution in [2.75, 3.05) is 0 Å². The molecule has 0 amide bonds. The Morgan fingerprint density at radius 3 is 0.500 bits per heavy atom. The van der Waals surface area contributed by atoms with Gasteiger partial charge in [0.15, 0.2) is 0 Å². The van der Waals surface area contributed by atoms with E-state index in [2.05, 4.69) is 452 Å². The molecule has 0 bridgehead atoms. The first-order valence-corrected chi connectivity index (χ1v) is 44.4. The first kappa shape index (κ1) is 81.7. The zero-order valence-electron chi connectivity index (χ0n) is 78.2. The fourth-order valence-electron chi connectivity index (χ4n) is 19.1. The maximum absolute atomic E-state index is 4.70. The monoisotopic (exact) mass is 1610 g/mol. The Bertz CT molecular complexity index is 6670. The third-order valence-electron chi connectivity index (χ3n) is 26.8. The molecule has 0 unspecified atom stereocenters. The number of hydrogen-bond donors (Lipinski definition) is 1. The lowest BCUT2D eigenvalue weighted by molar-refractivity contribution is 0.590. The van der Waals surface area contributed by atoms with Crippen molar-refractivity contribution in [3.05, 3.63) is 262 Å². The highest BCUT2D eigenvalue weighted by Gasteiger charge is 2.40. The molecule has 0 radical (unpaired) electrons. The molecule has 0 fully saturated rings. The smallest absolute Gasteiger partial charge is 0.204 e. The SMILES string of the molecule is CC(C)(C)c1ccc2c(c1)c1cc(C(C)(C)C)ccc1n2-c1c(-c2ccc(-c3nn[nH]n3)cc2)c(-n2c3ccc(C(C)(C)C)cc3c3cc(C(C)(C)C)ccc32)c(-n2c3ccc(C(C)(C)C)cc3c3cc(C(C)(C)C)ccc32)c(-n2c3ccc(C(C)(C)C)cc3c3cc(C(C)(C)C)ccc32)c1-n1c2ccc(C(C)(C)C)cc2c2cc(C(C)(C)C)ccc21. The number of benzene rings is 12. The molecule has 622 valence electrons. The highest BCUT2D eigenvalue weighted by molar-refractivity contribution is 6.20. The molecule has 0 atom stereocenters. The Hall–Kier alpha value is -11.3. The molecule has 18 aromatic rings. The lowest BCUT2D eigenvalue weighted by Crippen LogP contribution is -2.19. The van der Waals surface area contributed by atoms with Crippen LogP contribution in [0.15, 0.2) is 206 Å². The topological polar surface area (TPSA) is 79.1 Å². The summed E-state index contributed by atoms with van der Waals surface area (Å²) >= 11 is 0. The number of tetrazole rings is 1. The van der Waals surface area contributed by atoms with Gasteiger partial charge >= 0.3 is 0 Å². The second-order valence-corrected chi connectivity index (χ2v) is 45.9. The third kappa shape index (κ3) is 13.3. The summed E-state index contributed by atoms with van der Waals surface area (Å²) in [5.41, 5.74) is 29.7. The second kappa shape index (κ2) is 27.1. The highest BCUT2D eigenvalue weighted by Crippen LogP contribution is 2.57. The van der Waals surface area contributed by atoms with Crippen molar-refractivity contribution >= 4 is 109 Å². The Labute approximate surface area is 722 Å². The molecule has 18 rings (SSSR count). The van der Waals surface area contributed by atoms with E-state index in [1.54, 1.807) is 0 Å². The van der Waals surface area contributed by atoms with Crippen LogP contribution >= 0.6 is 0 Å². The van der Waals surface area contributed by atoms with E-state index < -0.39 is 0 Å². The summed E-state index contributed by atoms with van der Waals surface area (Å²) in [5, 5.41) is 28.3. The number of hydrogen-bond acceptors (Lipinski definition) is 3. The number of H-pyrrole nitrogens is 1. The van der Waals surface area contributed by atoms with Gasteiger partial charge in [0, 0.05) is 65.0 Å². The molecule has 0 spiro atoms. The largest absolute Gasteiger partial charge is 0.306 e. The van der Waals surface area contributed by atoms with Crippen LogP contribution in [-0.4, -0.2) is 43.5 Å². The minimum atomic E-state index is -0.199. The van der Waals surface area contributed by atoms with Crippen LogP contribution in [0.1, 0.15) is 263 Å². The van der Waals surface area contributed by atoms with Gasteiger partial charge in [-0.15, -0.1) is 10.2 Å². The van der Waals surface area contributed by atoms with Crippen LogP contribution in [0.5, 0.6) is 0 Å². The molecule has 1 N–H and O–H groups in total. The quantitative estimate of drug-likeness (QED) is 0.173. The van der Waals surface area contributed by atoms with Crippen LogP contribution in [0.2, 0.25) is 0 Å². The Balaban J connectivity index is 1.27. The standard InChI is InChI=1S/C113H125N9/c1-104(2,3)67-35-45-87-77(55-67)78-56-68(105(4,5)6)36-46-88(78)118(87)98-97(65-31-33-66(34-32-65)103-114-116-117-115-103)99(119-89-47-37-69(106(7,8)9)57-79(89)80-58-70(107(10,11)12)38-48-90(80)119)101(121-93-51-41-73(110(19,20)21)61-83(93)84-62-74(111(22,23)24)42-52-94(84)121)102(122-95-53-43-75(112(25,26)27)63-85(95)86-64-76(113(28,29)30)44-54-96(86)122)100(98)120-91-49-39-71(108(13,14)15)59-81(91)82-60-72(109(16,17)18)40-50-92(82)120/h31-64H,1-30H3,(H,114,115,116,117). The van der Waals surface area contributed by atoms with Crippen molar-refractivity contribution in [2.24, 2.45) is 0 Å². The maximum atomic E-state index is 4.70. The van der Waals surface area contributed by atoms with Crippen LogP contribution in [0.3, 0.4) is 0 Å².